The van der Waals surface area contributed by atoms with Gasteiger partial charge in [-0.15, -0.1) is 22.7 Å². The van der Waals surface area contributed by atoms with Crippen LogP contribution in [0.1, 0.15) is 28.2 Å². The van der Waals surface area contributed by atoms with Gasteiger partial charge in [0.1, 0.15) is 0 Å². The summed E-state index contributed by atoms with van der Waals surface area (Å²) in [5.74, 6) is -0.805. The molecule has 1 N–H and O–H groups in total. The Labute approximate surface area is 160 Å². The Morgan fingerprint density at radius 3 is 2.72 bits per heavy atom. The number of carbonyl (C=O) groups is 1. The Balaban J connectivity index is 1.74. The van der Waals surface area contributed by atoms with Gasteiger partial charge < -0.3 is 5.11 Å². The lowest BCUT2D eigenvalue weighted by atomic mass is 10.1. The molecule has 3 rings (SSSR count). The van der Waals surface area contributed by atoms with Crippen molar-refractivity contribution in [1.29, 1.82) is 0 Å². The third-order valence-corrected chi connectivity index (χ3v) is 6.69. The van der Waals surface area contributed by atoms with Crippen LogP contribution in [0.2, 0.25) is 5.02 Å². The van der Waals surface area contributed by atoms with Crippen LogP contribution in [0.4, 0.5) is 0 Å². The van der Waals surface area contributed by atoms with Crippen molar-refractivity contribution < 1.29 is 9.90 Å². The fraction of sp³-hybridized carbons (Fsp3) is 0.316. The highest BCUT2D eigenvalue weighted by atomic mass is 35.5. The van der Waals surface area contributed by atoms with Gasteiger partial charge in [-0.3, -0.25) is 4.90 Å². The third kappa shape index (κ3) is 4.42. The van der Waals surface area contributed by atoms with Crippen LogP contribution in [-0.4, -0.2) is 35.6 Å². The summed E-state index contributed by atoms with van der Waals surface area (Å²) in [6, 6.07) is 4.07. The number of rotatable bonds is 6. The van der Waals surface area contributed by atoms with E-state index in [9.17, 15) is 4.79 Å². The molecule has 6 heteroatoms. The molecule has 0 spiro atoms. The minimum Gasteiger partial charge on any atom is -0.478 e. The number of carboxylic acid groups (broad SMARTS) is 1. The van der Waals surface area contributed by atoms with Crippen LogP contribution >= 0.6 is 34.3 Å². The summed E-state index contributed by atoms with van der Waals surface area (Å²) in [5, 5.41) is 14.1. The second-order valence-electron chi connectivity index (χ2n) is 6.04. The molecule has 25 heavy (non-hydrogen) atoms. The fourth-order valence-corrected chi connectivity index (χ4v) is 5.21. The van der Waals surface area contributed by atoms with E-state index < -0.39 is 5.97 Å². The largest absolute Gasteiger partial charge is 0.478 e. The topological polar surface area (TPSA) is 40.5 Å². The minimum atomic E-state index is -0.805. The molecule has 132 valence electrons. The molecule has 0 saturated carbocycles. The van der Waals surface area contributed by atoms with Gasteiger partial charge in [0.15, 0.2) is 0 Å². The van der Waals surface area contributed by atoms with Crippen molar-refractivity contribution in [1.82, 2.24) is 4.90 Å². The molecule has 1 aliphatic rings. The van der Waals surface area contributed by atoms with Gasteiger partial charge in [0.2, 0.25) is 0 Å². The zero-order valence-corrected chi connectivity index (χ0v) is 16.4. The van der Waals surface area contributed by atoms with Crippen LogP contribution in [0.5, 0.6) is 0 Å². The van der Waals surface area contributed by atoms with E-state index in [0.29, 0.717) is 12.1 Å². The molecule has 0 radical (unpaired) electrons. The summed E-state index contributed by atoms with van der Waals surface area (Å²) < 4.78 is 0. The van der Waals surface area contributed by atoms with Crippen LogP contribution in [-0.2, 0) is 4.79 Å². The molecule has 0 atom stereocenters. The molecular formula is C19H20ClNO2S2. The molecule has 2 aromatic rings. The van der Waals surface area contributed by atoms with Crippen molar-refractivity contribution in [3.05, 3.63) is 61.0 Å². The summed E-state index contributed by atoms with van der Waals surface area (Å²) in [4.78, 5) is 15.7. The number of halogens is 1. The number of aryl methyl sites for hydroxylation is 1. The predicted molar refractivity (Wildman–Crippen MR) is 107 cm³/mol. The van der Waals surface area contributed by atoms with E-state index in [1.807, 2.05) is 17.5 Å². The summed E-state index contributed by atoms with van der Waals surface area (Å²) in [6.07, 6.45) is 5.75. The van der Waals surface area contributed by atoms with E-state index in [0.717, 1.165) is 35.8 Å². The summed E-state index contributed by atoms with van der Waals surface area (Å²) >= 11 is 9.77. The first kappa shape index (κ1) is 18.4. The minimum absolute atomic E-state index is 0.505. The molecule has 3 heterocycles. The summed E-state index contributed by atoms with van der Waals surface area (Å²) in [7, 11) is 0. The van der Waals surface area contributed by atoms with Crippen LogP contribution < -0.4 is 0 Å². The number of aliphatic carboxylic acids is 1. The first-order chi connectivity index (χ1) is 12.1. The lowest BCUT2D eigenvalue weighted by Crippen LogP contribution is -2.32. The quantitative estimate of drug-likeness (QED) is 0.722. The molecule has 0 unspecified atom stereocenters. The van der Waals surface area contributed by atoms with Crippen molar-refractivity contribution in [2.24, 2.45) is 0 Å². The fourth-order valence-electron chi connectivity index (χ4n) is 2.97. The van der Waals surface area contributed by atoms with Gasteiger partial charge in [-0.2, -0.15) is 0 Å². The first-order valence-electron chi connectivity index (χ1n) is 8.19. The molecule has 0 saturated heterocycles. The Morgan fingerprint density at radius 1 is 1.32 bits per heavy atom. The molecule has 0 aromatic carbocycles. The Morgan fingerprint density at radius 2 is 2.08 bits per heavy atom. The summed E-state index contributed by atoms with van der Waals surface area (Å²) in [5.41, 5.74) is 2.96. The molecule has 0 amide bonds. The van der Waals surface area contributed by atoms with Crippen molar-refractivity contribution in [3.8, 4) is 0 Å². The standard InChI is InChI=1S/C19H20ClNO2S2/c1-13-6-10-24-17(13)15(18-16(20)7-11-25-18)5-3-9-21-8-2-4-14(12-21)19(22)23/h4-7,10-11H,2-3,8-9,12H2,1H3,(H,22,23). The molecule has 0 fully saturated rings. The van der Waals surface area contributed by atoms with E-state index in [4.69, 9.17) is 16.7 Å². The van der Waals surface area contributed by atoms with Gasteiger partial charge in [0.25, 0.3) is 0 Å². The lowest BCUT2D eigenvalue weighted by Gasteiger charge is -2.25. The maximum Gasteiger partial charge on any atom is 0.332 e. The van der Waals surface area contributed by atoms with Gasteiger partial charge in [0, 0.05) is 35.7 Å². The van der Waals surface area contributed by atoms with Crippen LogP contribution in [0.3, 0.4) is 0 Å². The zero-order valence-electron chi connectivity index (χ0n) is 14.0. The van der Waals surface area contributed by atoms with Gasteiger partial charge in [0.05, 0.1) is 9.90 Å². The van der Waals surface area contributed by atoms with E-state index in [1.54, 1.807) is 22.7 Å². The van der Waals surface area contributed by atoms with Crippen molar-refractivity contribution in [2.75, 3.05) is 19.6 Å². The number of hydrogen-bond donors (Lipinski definition) is 1. The van der Waals surface area contributed by atoms with E-state index in [2.05, 4.69) is 29.3 Å². The number of thiophene rings is 2. The SMILES string of the molecule is Cc1ccsc1C(=CCCN1CCC=C(C(=O)O)C1)c1sccc1Cl. The number of nitrogens with zero attached hydrogens (tertiary/aromatic N) is 1. The zero-order chi connectivity index (χ0) is 17.8. The Hall–Kier alpha value is -1.40. The van der Waals surface area contributed by atoms with Crippen LogP contribution in [0, 0.1) is 6.92 Å². The van der Waals surface area contributed by atoms with Crippen LogP contribution in [0.25, 0.3) is 5.57 Å². The van der Waals surface area contributed by atoms with Gasteiger partial charge in [-0.1, -0.05) is 23.8 Å². The van der Waals surface area contributed by atoms with E-state index >= 15 is 0 Å². The first-order valence-corrected chi connectivity index (χ1v) is 10.3. The highest BCUT2D eigenvalue weighted by molar-refractivity contribution is 7.14. The van der Waals surface area contributed by atoms with Crippen molar-refractivity contribution >= 4 is 45.8 Å². The highest BCUT2D eigenvalue weighted by Crippen LogP contribution is 2.37. The smallest absolute Gasteiger partial charge is 0.332 e. The third-order valence-electron chi connectivity index (χ3n) is 4.27. The molecule has 2 aromatic heterocycles. The van der Waals surface area contributed by atoms with Crippen molar-refractivity contribution in [2.45, 2.75) is 19.8 Å². The van der Waals surface area contributed by atoms with Gasteiger partial charge >= 0.3 is 5.97 Å². The highest BCUT2D eigenvalue weighted by Gasteiger charge is 2.17. The van der Waals surface area contributed by atoms with Gasteiger partial charge in [-0.05, 0) is 48.2 Å². The molecular weight excluding hydrogens is 374 g/mol. The Kier molecular flexibility index (Phi) is 6.12. The maximum atomic E-state index is 11.1. The van der Waals surface area contributed by atoms with E-state index in [1.165, 1.54) is 16.0 Å². The maximum absolute atomic E-state index is 11.1. The molecule has 3 nitrogen and oxygen atoms in total. The molecule has 0 bridgehead atoms. The monoisotopic (exact) mass is 393 g/mol. The molecule has 0 aliphatic carbocycles. The Bertz CT molecular complexity index is 777. The predicted octanol–water partition coefficient (Wildman–Crippen LogP) is 5.31. The average Bonchev–Trinajstić information content (AvgIpc) is 3.21. The second-order valence-corrected chi connectivity index (χ2v) is 8.28. The second kappa shape index (κ2) is 8.32. The van der Waals surface area contributed by atoms with E-state index in [-0.39, 0.29) is 0 Å². The molecule has 1 aliphatic heterocycles. The number of carboxylic acids is 1. The van der Waals surface area contributed by atoms with Crippen LogP contribution in [0.15, 0.2) is 40.6 Å². The average molecular weight is 394 g/mol. The van der Waals surface area contributed by atoms with Gasteiger partial charge in [-0.25, -0.2) is 4.79 Å². The lowest BCUT2D eigenvalue weighted by molar-refractivity contribution is -0.133. The van der Waals surface area contributed by atoms with Crippen molar-refractivity contribution in [3.63, 3.8) is 0 Å². The summed E-state index contributed by atoms with van der Waals surface area (Å²) in [6.45, 7) is 4.41. The number of hydrogen-bond acceptors (Lipinski definition) is 4. The normalized spacial score (nSPS) is 16.1.